The normalized spacial score (nSPS) is 21.0. The highest BCUT2D eigenvalue weighted by atomic mass is 127. The molecule has 6 heteroatoms. The van der Waals surface area contributed by atoms with Crippen LogP contribution in [0.25, 0.3) is 0 Å². The van der Waals surface area contributed by atoms with Crippen molar-refractivity contribution in [3.05, 3.63) is 35.1 Å². The summed E-state index contributed by atoms with van der Waals surface area (Å²) in [4.78, 5) is 4.53. The largest absolute Gasteiger partial charge is 0.393 e. The third kappa shape index (κ3) is 6.25. The van der Waals surface area contributed by atoms with Crippen molar-refractivity contribution < 1.29 is 9.50 Å². The quantitative estimate of drug-likeness (QED) is 0.379. The second-order valence-corrected chi connectivity index (χ2v) is 5.92. The first kappa shape index (κ1) is 20.2. The summed E-state index contributed by atoms with van der Waals surface area (Å²) in [5, 5.41) is 16.4. The number of hydrogen-bond acceptors (Lipinski definition) is 2. The van der Waals surface area contributed by atoms with Crippen LogP contribution in [-0.4, -0.2) is 30.3 Å². The Balaban J connectivity index is 0.00000264. The lowest BCUT2D eigenvalue weighted by Crippen LogP contribution is -2.41. The lowest BCUT2D eigenvalue weighted by atomic mass is 10.1. The van der Waals surface area contributed by atoms with Gasteiger partial charge in [0, 0.05) is 19.0 Å². The minimum Gasteiger partial charge on any atom is -0.393 e. The van der Waals surface area contributed by atoms with Gasteiger partial charge in [0.2, 0.25) is 0 Å². The smallest absolute Gasteiger partial charge is 0.191 e. The number of aliphatic imine (C=N–C) groups is 1. The van der Waals surface area contributed by atoms with Crippen LogP contribution in [0.3, 0.4) is 0 Å². The lowest BCUT2D eigenvalue weighted by Gasteiger charge is -2.17. The van der Waals surface area contributed by atoms with Gasteiger partial charge in [-0.15, -0.1) is 24.0 Å². The molecule has 3 N–H and O–H groups in total. The van der Waals surface area contributed by atoms with Gasteiger partial charge in [-0.2, -0.15) is 0 Å². The Bertz CT molecular complexity index is 525. The van der Waals surface area contributed by atoms with Crippen LogP contribution in [0.5, 0.6) is 0 Å². The predicted octanol–water partition coefficient (Wildman–Crippen LogP) is 2.97. The predicted molar refractivity (Wildman–Crippen MR) is 103 cm³/mol. The molecule has 1 aromatic carbocycles. The highest BCUT2D eigenvalue weighted by molar-refractivity contribution is 14.0. The van der Waals surface area contributed by atoms with Gasteiger partial charge in [0.1, 0.15) is 5.82 Å². The molecule has 0 saturated heterocycles. The summed E-state index contributed by atoms with van der Waals surface area (Å²) in [7, 11) is 0. The van der Waals surface area contributed by atoms with E-state index in [1.807, 2.05) is 13.0 Å². The molecular formula is C17H27FIN3O. The third-order valence-electron chi connectivity index (χ3n) is 4.14. The van der Waals surface area contributed by atoms with E-state index in [1.54, 1.807) is 13.0 Å². The summed E-state index contributed by atoms with van der Waals surface area (Å²) in [6.07, 6.45) is 2.85. The number of rotatable bonds is 5. The summed E-state index contributed by atoms with van der Waals surface area (Å²) in [5.74, 6) is 0.855. The zero-order chi connectivity index (χ0) is 15.9. The van der Waals surface area contributed by atoms with Crippen molar-refractivity contribution in [3.8, 4) is 0 Å². The molecular weight excluding hydrogens is 408 g/mol. The maximum atomic E-state index is 13.3. The van der Waals surface area contributed by atoms with Crippen molar-refractivity contribution in [3.63, 3.8) is 0 Å². The Labute approximate surface area is 155 Å². The molecule has 23 heavy (non-hydrogen) atoms. The van der Waals surface area contributed by atoms with E-state index in [4.69, 9.17) is 0 Å². The molecule has 0 aromatic heterocycles. The highest BCUT2D eigenvalue weighted by Crippen LogP contribution is 2.24. The minimum atomic E-state index is -0.199. The Morgan fingerprint density at radius 2 is 2.13 bits per heavy atom. The van der Waals surface area contributed by atoms with E-state index in [0.717, 1.165) is 43.9 Å². The van der Waals surface area contributed by atoms with Crippen LogP contribution in [0.4, 0.5) is 4.39 Å². The van der Waals surface area contributed by atoms with E-state index in [-0.39, 0.29) is 35.9 Å². The molecule has 0 aliphatic heterocycles. The second kappa shape index (κ2) is 10.1. The van der Waals surface area contributed by atoms with Crippen LogP contribution in [-0.2, 0) is 6.54 Å². The topological polar surface area (TPSA) is 56.7 Å². The van der Waals surface area contributed by atoms with Crippen molar-refractivity contribution in [2.45, 2.75) is 45.8 Å². The summed E-state index contributed by atoms with van der Waals surface area (Å²) in [6, 6.07) is 5.06. The number of aliphatic hydroxyl groups is 1. The first-order valence-electron chi connectivity index (χ1n) is 8.05. The van der Waals surface area contributed by atoms with E-state index in [1.165, 1.54) is 6.07 Å². The fourth-order valence-corrected chi connectivity index (χ4v) is 2.80. The van der Waals surface area contributed by atoms with Gasteiger partial charge in [-0.25, -0.2) is 9.38 Å². The van der Waals surface area contributed by atoms with Gasteiger partial charge in [-0.3, -0.25) is 0 Å². The molecule has 0 bridgehead atoms. The van der Waals surface area contributed by atoms with Crippen molar-refractivity contribution in [1.82, 2.24) is 10.6 Å². The van der Waals surface area contributed by atoms with Crippen molar-refractivity contribution in [2.75, 3.05) is 13.1 Å². The molecule has 1 aliphatic carbocycles. The number of hydrogen-bond donors (Lipinski definition) is 3. The molecule has 1 saturated carbocycles. The van der Waals surface area contributed by atoms with Crippen LogP contribution in [0.1, 0.15) is 37.3 Å². The Kier molecular flexibility index (Phi) is 8.83. The minimum absolute atomic E-state index is 0. The maximum Gasteiger partial charge on any atom is 0.191 e. The molecule has 4 nitrogen and oxygen atoms in total. The lowest BCUT2D eigenvalue weighted by molar-refractivity contribution is 0.134. The van der Waals surface area contributed by atoms with Gasteiger partial charge in [-0.05, 0) is 43.9 Å². The molecule has 0 spiro atoms. The third-order valence-corrected chi connectivity index (χ3v) is 4.14. The van der Waals surface area contributed by atoms with E-state index in [2.05, 4.69) is 15.6 Å². The second-order valence-electron chi connectivity index (χ2n) is 5.92. The van der Waals surface area contributed by atoms with Crippen LogP contribution >= 0.6 is 24.0 Å². The number of nitrogens with one attached hydrogen (secondary N) is 2. The monoisotopic (exact) mass is 435 g/mol. The average Bonchev–Trinajstić information content (AvgIpc) is 2.91. The van der Waals surface area contributed by atoms with E-state index in [0.29, 0.717) is 18.0 Å². The van der Waals surface area contributed by atoms with Crippen LogP contribution in [0.2, 0.25) is 0 Å². The molecule has 0 amide bonds. The summed E-state index contributed by atoms with van der Waals surface area (Å²) in [5.41, 5.74) is 1.62. The Morgan fingerprint density at radius 1 is 1.35 bits per heavy atom. The Hall–Kier alpha value is -0.890. The fraction of sp³-hybridized carbons (Fsp3) is 0.588. The number of benzene rings is 1. The van der Waals surface area contributed by atoms with Gasteiger partial charge >= 0.3 is 0 Å². The van der Waals surface area contributed by atoms with Gasteiger partial charge in [0.05, 0.1) is 12.6 Å². The van der Waals surface area contributed by atoms with Crippen molar-refractivity contribution in [2.24, 2.45) is 10.9 Å². The fourth-order valence-electron chi connectivity index (χ4n) is 2.80. The molecule has 1 fully saturated rings. The van der Waals surface area contributed by atoms with E-state index >= 15 is 0 Å². The standard InChI is InChI=1S/C17H26FN3O.HI/c1-3-19-17(21-11-14-5-4-6-16(14)22)20-10-13-7-8-15(18)12(2)9-13;/h7-9,14,16,22H,3-6,10-11H2,1-2H3,(H2,19,20,21);1H. The number of nitrogens with zero attached hydrogens (tertiary/aromatic N) is 1. The van der Waals surface area contributed by atoms with Gasteiger partial charge in [-0.1, -0.05) is 18.6 Å². The molecule has 1 aliphatic rings. The molecule has 2 rings (SSSR count). The van der Waals surface area contributed by atoms with E-state index < -0.39 is 0 Å². The van der Waals surface area contributed by atoms with Crippen LogP contribution in [0, 0.1) is 18.7 Å². The van der Waals surface area contributed by atoms with Gasteiger partial charge in [0.25, 0.3) is 0 Å². The molecule has 0 heterocycles. The van der Waals surface area contributed by atoms with Crippen LogP contribution in [0.15, 0.2) is 23.2 Å². The average molecular weight is 435 g/mol. The molecule has 2 unspecified atom stereocenters. The Morgan fingerprint density at radius 3 is 2.74 bits per heavy atom. The van der Waals surface area contributed by atoms with Gasteiger partial charge < -0.3 is 15.7 Å². The van der Waals surface area contributed by atoms with E-state index in [9.17, 15) is 9.50 Å². The zero-order valence-corrected chi connectivity index (χ0v) is 16.1. The summed E-state index contributed by atoms with van der Waals surface area (Å²) < 4.78 is 13.3. The first-order chi connectivity index (χ1) is 10.6. The highest BCUT2D eigenvalue weighted by Gasteiger charge is 2.24. The SMILES string of the molecule is CCNC(=NCc1ccc(F)c(C)c1)NCC1CCCC1O.I. The molecule has 2 atom stereocenters. The number of aryl methyl sites for hydroxylation is 1. The maximum absolute atomic E-state index is 13.3. The number of halogens is 2. The van der Waals surface area contributed by atoms with Crippen molar-refractivity contribution in [1.29, 1.82) is 0 Å². The van der Waals surface area contributed by atoms with Gasteiger partial charge in [0.15, 0.2) is 5.96 Å². The van der Waals surface area contributed by atoms with Crippen molar-refractivity contribution >= 4 is 29.9 Å². The number of guanidine groups is 1. The summed E-state index contributed by atoms with van der Waals surface area (Å²) in [6.45, 7) is 5.79. The first-order valence-corrected chi connectivity index (χ1v) is 8.05. The molecule has 1 aromatic rings. The molecule has 130 valence electrons. The van der Waals surface area contributed by atoms with Crippen LogP contribution < -0.4 is 10.6 Å². The zero-order valence-electron chi connectivity index (χ0n) is 13.8. The molecule has 0 radical (unpaired) electrons. The summed E-state index contributed by atoms with van der Waals surface area (Å²) >= 11 is 0. The number of aliphatic hydroxyl groups excluding tert-OH is 1.